The second-order valence-electron chi connectivity index (χ2n) is 1.11. The van der Waals surface area contributed by atoms with Crippen LogP contribution in [0.1, 0.15) is 13.8 Å². The molecule has 0 atom stereocenters. The lowest BCUT2D eigenvalue weighted by Gasteiger charge is -1.74. The minimum absolute atomic E-state index is 0. The van der Waals surface area contributed by atoms with E-state index in [0.717, 1.165) is 15.2 Å². The highest BCUT2D eigenvalue weighted by Crippen LogP contribution is 1.77. The predicted molar refractivity (Wildman–Crippen MR) is 47.4 cm³/mol. The molecule has 0 spiro atoms. The summed E-state index contributed by atoms with van der Waals surface area (Å²) in [6, 6.07) is 0. The van der Waals surface area contributed by atoms with Gasteiger partial charge in [0.05, 0.1) is 0 Å². The van der Waals surface area contributed by atoms with Crippen LogP contribution in [0.15, 0.2) is 0 Å². The van der Waals surface area contributed by atoms with Crippen LogP contribution in [0.25, 0.3) is 0 Å². The number of hydrogen-bond acceptors (Lipinski definition) is 0. The van der Waals surface area contributed by atoms with Crippen molar-refractivity contribution in [2.45, 2.75) is 24.4 Å². The van der Waals surface area contributed by atoms with Crippen LogP contribution in [0.5, 0.6) is 0 Å². The molecule has 45 valence electrons. The van der Waals surface area contributed by atoms with Gasteiger partial charge in [0.25, 0.3) is 0 Å². The zero-order valence-corrected chi connectivity index (χ0v) is 9.39. The molecule has 0 heterocycles. The zero-order chi connectivity index (χ0) is 4.12. The van der Waals surface area contributed by atoms with Crippen LogP contribution in [0.3, 0.4) is 0 Å². The Bertz CT molecular complexity index is 17.2. The molecule has 0 aliphatic heterocycles. The average molecular weight is 247 g/mol. The van der Waals surface area contributed by atoms with Crippen LogP contribution in [0, 0.1) is 0 Å². The highest BCUT2D eigenvalue weighted by Gasteiger charge is 1.74. The van der Waals surface area contributed by atoms with E-state index in [4.69, 9.17) is 0 Å². The second-order valence-corrected chi connectivity index (χ2v) is 3.32. The normalized spacial score (nSPS) is 5.43. The Labute approximate surface area is 73.3 Å². The lowest BCUT2D eigenvalue weighted by atomic mass is 10.9. The van der Waals surface area contributed by atoms with Crippen molar-refractivity contribution in [1.82, 2.24) is 0 Å². The summed E-state index contributed by atoms with van der Waals surface area (Å²) in [5, 5.41) is 2.85. The molecule has 0 bridgehead atoms. The third kappa shape index (κ3) is 18.5. The standard InChI is InChI=1S/2C2H5.Al.2BrH/c2*1-2;;;/h2*1H2,2H3;;2*1H. The van der Waals surface area contributed by atoms with E-state index in [1.54, 1.807) is 0 Å². The quantitative estimate of drug-likeness (QED) is 0.658. The average Bonchev–Trinajstić information content (AvgIpc) is 1.41. The molecule has 0 aliphatic rings. The number of rotatable bonds is 2. The van der Waals surface area contributed by atoms with Gasteiger partial charge in [-0.05, 0) is 0 Å². The fraction of sp³-hybridized carbons (Fsp3) is 1.00. The molecule has 0 N–H and O–H groups in total. The number of halogens is 2. The Kier molecular flexibility index (Phi) is 35.3. The van der Waals surface area contributed by atoms with Gasteiger partial charge in [0.15, 0.2) is 15.2 Å². The highest BCUT2D eigenvalue weighted by atomic mass is 79.9. The molecular weight excluding hydrogens is 235 g/mol. The first-order valence-corrected chi connectivity index (χ1v) is 3.86. The van der Waals surface area contributed by atoms with E-state index < -0.39 is 0 Å². The molecular formula is C4H12AlBr2. The van der Waals surface area contributed by atoms with Crippen LogP contribution in [-0.2, 0) is 0 Å². The van der Waals surface area contributed by atoms with Crippen molar-refractivity contribution in [1.29, 1.82) is 0 Å². The topological polar surface area (TPSA) is 0 Å². The molecule has 0 saturated heterocycles. The van der Waals surface area contributed by atoms with Crippen LogP contribution >= 0.6 is 34.0 Å². The molecule has 0 aromatic carbocycles. The minimum atomic E-state index is 0. The zero-order valence-electron chi connectivity index (χ0n) is 4.81. The lowest BCUT2D eigenvalue weighted by molar-refractivity contribution is 1.36. The Morgan fingerprint density at radius 3 is 1.29 bits per heavy atom. The van der Waals surface area contributed by atoms with E-state index in [-0.39, 0.29) is 34.0 Å². The van der Waals surface area contributed by atoms with Gasteiger partial charge in [-0.1, -0.05) is 13.8 Å². The summed E-state index contributed by atoms with van der Waals surface area (Å²) in [5.74, 6) is 0. The highest BCUT2D eigenvalue weighted by molar-refractivity contribution is 8.93. The van der Waals surface area contributed by atoms with E-state index in [1.807, 2.05) is 0 Å². The van der Waals surface area contributed by atoms with E-state index in [2.05, 4.69) is 13.8 Å². The van der Waals surface area contributed by atoms with Crippen molar-refractivity contribution in [3.05, 3.63) is 0 Å². The van der Waals surface area contributed by atoms with Crippen LogP contribution < -0.4 is 0 Å². The second kappa shape index (κ2) is 15.6. The molecule has 7 heavy (non-hydrogen) atoms. The summed E-state index contributed by atoms with van der Waals surface area (Å²) in [5.41, 5.74) is 0. The van der Waals surface area contributed by atoms with Gasteiger partial charge in [-0.3, -0.25) is 0 Å². The van der Waals surface area contributed by atoms with Crippen LogP contribution in [0.2, 0.25) is 10.6 Å². The van der Waals surface area contributed by atoms with E-state index in [9.17, 15) is 0 Å². The first-order chi connectivity index (χ1) is 2.41. The molecule has 0 aromatic rings. The fourth-order valence-corrected chi connectivity index (χ4v) is 0.866. The monoisotopic (exact) mass is 245 g/mol. The Morgan fingerprint density at radius 2 is 1.29 bits per heavy atom. The van der Waals surface area contributed by atoms with Gasteiger partial charge in [-0.2, -0.15) is 0 Å². The largest absolute Gasteiger partial charge is 0.198 e. The third-order valence-electron chi connectivity index (χ3n) is 0.577. The van der Waals surface area contributed by atoms with Crippen LogP contribution in [-0.4, -0.2) is 15.2 Å². The molecule has 0 unspecified atom stereocenters. The van der Waals surface area contributed by atoms with E-state index in [1.165, 1.54) is 10.6 Å². The SMILES string of the molecule is Br.Br.C[CH2][Al][CH2]C. The maximum atomic E-state index is 2.25. The summed E-state index contributed by atoms with van der Waals surface area (Å²) in [7, 11) is 0. The first-order valence-electron chi connectivity index (χ1n) is 2.23. The summed E-state index contributed by atoms with van der Waals surface area (Å²) in [4.78, 5) is 0. The first kappa shape index (κ1) is 15.8. The summed E-state index contributed by atoms with van der Waals surface area (Å²) in [6.07, 6.45) is 0. The van der Waals surface area contributed by atoms with Crippen molar-refractivity contribution >= 4 is 49.2 Å². The van der Waals surface area contributed by atoms with Gasteiger partial charge < -0.3 is 0 Å². The van der Waals surface area contributed by atoms with Crippen molar-refractivity contribution in [3.8, 4) is 0 Å². The molecule has 3 heteroatoms. The summed E-state index contributed by atoms with van der Waals surface area (Å²) < 4.78 is 0. The molecule has 1 radical (unpaired) electrons. The van der Waals surface area contributed by atoms with Crippen molar-refractivity contribution in [2.24, 2.45) is 0 Å². The molecule has 0 saturated carbocycles. The van der Waals surface area contributed by atoms with Gasteiger partial charge in [-0.25, -0.2) is 0 Å². The van der Waals surface area contributed by atoms with Gasteiger partial charge in [0, 0.05) is 0 Å². The summed E-state index contributed by atoms with van der Waals surface area (Å²) >= 11 is 0.815. The third-order valence-corrected chi connectivity index (χ3v) is 1.73. The van der Waals surface area contributed by atoms with Gasteiger partial charge in [0.2, 0.25) is 0 Å². The maximum Gasteiger partial charge on any atom is 0.198 e. The summed E-state index contributed by atoms with van der Waals surface area (Å²) in [6.45, 7) is 4.50. The van der Waals surface area contributed by atoms with Gasteiger partial charge in [0.1, 0.15) is 0 Å². The van der Waals surface area contributed by atoms with Gasteiger partial charge >= 0.3 is 0 Å². The van der Waals surface area contributed by atoms with Crippen molar-refractivity contribution < 1.29 is 0 Å². The predicted octanol–water partition coefficient (Wildman–Crippen LogP) is 2.72. The van der Waals surface area contributed by atoms with E-state index in [0.29, 0.717) is 0 Å². The molecule has 0 nitrogen and oxygen atoms in total. The molecule has 0 aromatic heterocycles. The van der Waals surface area contributed by atoms with Crippen LogP contribution in [0.4, 0.5) is 0 Å². The lowest BCUT2D eigenvalue weighted by Crippen LogP contribution is -1.76. The fourth-order valence-electron chi connectivity index (χ4n) is 0.289. The minimum Gasteiger partial charge on any atom is -0.114 e. The smallest absolute Gasteiger partial charge is 0.114 e. The van der Waals surface area contributed by atoms with Crippen molar-refractivity contribution in [2.75, 3.05) is 0 Å². The molecule has 0 rings (SSSR count). The van der Waals surface area contributed by atoms with E-state index >= 15 is 0 Å². The van der Waals surface area contributed by atoms with Gasteiger partial charge in [-0.15, -0.1) is 44.5 Å². The Balaban J connectivity index is -0.0000000800. The molecule has 0 aliphatic carbocycles. The molecule has 0 amide bonds. The Morgan fingerprint density at radius 1 is 1.00 bits per heavy atom. The maximum absolute atomic E-state index is 2.25. The number of hydrogen-bond donors (Lipinski definition) is 0. The molecule has 0 fully saturated rings. The van der Waals surface area contributed by atoms with Crippen molar-refractivity contribution in [3.63, 3.8) is 0 Å². The Hall–Kier alpha value is 1.49.